The van der Waals surface area contributed by atoms with Crippen LogP contribution < -0.4 is 0 Å². The smallest absolute Gasteiger partial charge is 0.188 e. The van der Waals surface area contributed by atoms with Crippen molar-refractivity contribution in [2.24, 2.45) is 9.98 Å². The Morgan fingerprint density at radius 1 is 0.387 bits per heavy atom. The first-order valence-electron chi connectivity index (χ1n) is 25.0. The molecule has 12 rings (SSSR count). The third kappa shape index (κ3) is 9.40. The van der Waals surface area contributed by atoms with Crippen molar-refractivity contribution >= 4 is 45.4 Å². The molecule has 0 unspecified atom stereocenters. The van der Waals surface area contributed by atoms with Gasteiger partial charge in [-0.15, -0.1) is 0 Å². The number of amidine groups is 2. The predicted molar refractivity (Wildman–Crippen MR) is 314 cm³/mol. The molecule has 5 nitrogen and oxygen atoms in total. The molecule has 0 aliphatic carbocycles. The Kier molecular flexibility index (Phi) is 12.5. The number of nitrogens with one attached hydrogen (secondary N) is 1. The molecule has 5 heteroatoms. The van der Waals surface area contributed by atoms with E-state index in [0.29, 0.717) is 17.1 Å². The van der Waals surface area contributed by atoms with Crippen LogP contribution in [0.25, 0.3) is 99.1 Å². The summed E-state index contributed by atoms with van der Waals surface area (Å²) >= 11 is 0. The predicted octanol–water partition coefficient (Wildman–Crippen LogP) is 18.2. The molecule has 0 bridgehead atoms. The van der Waals surface area contributed by atoms with Crippen LogP contribution in [0.4, 0.5) is 5.69 Å². The third-order valence-corrected chi connectivity index (χ3v) is 13.7. The van der Waals surface area contributed by atoms with Crippen molar-refractivity contribution in [1.82, 2.24) is 4.57 Å². The van der Waals surface area contributed by atoms with E-state index in [4.69, 9.17) is 16.6 Å². The summed E-state index contributed by atoms with van der Waals surface area (Å²) in [6.45, 7) is 8.01. The molecule has 0 aliphatic rings. The second-order valence-corrected chi connectivity index (χ2v) is 18.5. The molecule has 11 aromatic carbocycles. The summed E-state index contributed by atoms with van der Waals surface area (Å²) in [6.07, 6.45) is 1.87. The second-order valence-electron chi connectivity index (χ2n) is 18.5. The van der Waals surface area contributed by atoms with E-state index in [2.05, 4.69) is 210 Å². The van der Waals surface area contributed by atoms with Crippen molar-refractivity contribution in [3.05, 3.63) is 301 Å². The van der Waals surface area contributed by atoms with Gasteiger partial charge in [0.15, 0.2) is 17.4 Å². The zero-order valence-corrected chi connectivity index (χ0v) is 40.8. The lowest BCUT2D eigenvalue weighted by molar-refractivity contribution is 1.18. The van der Waals surface area contributed by atoms with Gasteiger partial charge < -0.3 is 4.57 Å². The Balaban J connectivity index is 1.06. The number of rotatable bonds is 10. The summed E-state index contributed by atoms with van der Waals surface area (Å²) in [5.74, 6) is 0.472. The van der Waals surface area contributed by atoms with E-state index in [1.807, 2.05) is 79.0 Å². The molecule has 1 aromatic heterocycles. The molecule has 352 valence electrons. The number of aliphatic imine (C=N–C) groups is 2. The number of nitrogens with zero attached hydrogens (tertiary/aromatic N) is 4. The third-order valence-electron chi connectivity index (χ3n) is 13.7. The molecule has 0 aliphatic heterocycles. The highest BCUT2D eigenvalue weighted by Gasteiger charge is 2.23. The van der Waals surface area contributed by atoms with Gasteiger partial charge in [0.25, 0.3) is 0 Å². The maximum atomic E-state index is 10.0. The highest BCUT2D eigenvalue weighted by atomic mass is 15.0. The molecule has 0 saturated heterocycles. The molecule has 0 fully saturated rings. The van der Waals surface area contributed by atoms with E-state index in [1.165, 1.54) is 0 Å². The first-order chi connectivity index (χ1) is 37.0. The van der Waals surface area contributed by atoms with Gasteiger partial charge in [-0.2, -0.15) is 0 Å². The number of fused-ring (bicyclic) bond motifs is 3. The van der Waals surface area contributed by atoms with Crippen molar-refractivity contribution in [1.29, 1.82) is 5.41 Å². The Morgan fingerprint density at radius 3 is 1.29 bits per heavy atom. The van der Waals surface area contributed by atoms with Gasteiger partial charge in [-0.25, -0.2) is 14.8 Å². The normalized spacial score (nSPS) is 11.5. The van der Waals surface area contributed by atoms with Crippen LogP contribution in [-0.4, -0.2) is 22.5 Å². The van der Waals surface area contributed by atoms with Crippen LogP contribution in [0.15, 0.2) is 283 Å². The average molecular weight is 958 g/mol. The van der Waals surface area contributed by atoms with Crippen LogP contribution in [0.5, 0.6) is 0 Å². The minimum Gasteiger partial charge on any atom is -0.308 e. The molecule has 75 heavy (non-hydrogen) atoms. The van der Waals surface area contributed by atoms with Crippen molar-refractivity contribution in [3.63, 3.8) is 0 Å². The van der Waals surface area contributed by atoms with Gasteiger partial charge in [0, 0.05) is 33.9 Å². The van der Waals surface area contributed by atoms with Crippen molar-refractivity contribution < 1.29 is 0 Å². The summed E-state index contributed by atoms with van der Waals surface area (Å²) in [5, 5.41) is 12.1. The van der Waals surface area contributed by atoms with Crippen molar-refractivity contribution in [3.8, 4) is 72.4 Å². The molecule has 0 spiro atoms. The lowest BCUT2D eigenvalue weighted by Gasteiger charge is -2.21. The number of hydrogen-bond acceptors (Lipinski definition) is 1. The molecule has 0 amide bonds. The lowest BCUT2D eigenvalue weighted by Crippen LogP contribution is -2.07. The van der Waals surface area contributed by atoms with E-state index >= 15 is 0 Å². The lowest BCUT2D eigenvalue weighted by atomic mass is 9.92. The SMILES string of the molecule is [C-]#[N+]c1ccc2c(c1)c1cc(-c3ccccc3)ccc1n2-c1c(-c2ccccc2)cc(C(=N)N=C(N=Cc2cc(-c3ccccc3)cc(-c3ccccc3)c2)c2ccc(-c3ccccc3)cc2)cc1-c1ccccc1. The fourth-order valence-electron chi connectivity index (χ4n) is 10.1. The summed E-state index contributed by atoms with van der Waals surface area (Å²) < 4.78 is 2.34. The minimum absolute atomic E-state index is 0.0645. The topological polar surface area (TPSA) is 57.9 Å². The van der Waals surface area contributed by atoms with Gasteiger partial charge in [0.05, 0.1) is 23.3 Å². The van der Waals surface area contributed by atoms with Crippen LogP contribution in [-0.2, 0) is 0 Å². The summed E-state index contributed by atoms with van der Waals surface area (Å²) in [5.41, 5.74) is 18.4. The van der Waals surface area contributed by atoms with E-state index in [-0.39, 0.29) is 5.84 Å². The first-order valence-corrected chi connectivity index (χ1v) is 25.0. The van der Waals surface area contributed by atoms with E-state index in [0.717, 1.165) is 105 Å². The largest absolute Gasteiger partial charge is 0.308 e. The molecule has 1 N–H and O–H groups in total. The highest BCUT2D eigenvalue weighted by Crippen LogP contribution is 2.44. The van der Waals surface area contributed by atoms with Gasteiger partial charge in [0.1, 0.15) is 0 Å². The molecular weight excluding hydrogens is 911 g/mol. The van der Waals surface area contributed by atoms with Crippen LogP contribution in [0.1, 0.15) is 16.7 Å². The van der Waals surface area contributed by atoms with Crippen molar-refractivity contribution in [2.45, 2.75) is 0 Å². The molecule has 1 heterocycles. The van der Waals surface area contributed by atoms with Crippen LogP contribution >= 0.6 is 0 Å². The average Bonchev–Trinajstić information content (AvgIpc) is 3.82. The zero-order chi connectivity index (χ0) is 50.5. The molecule has 0 saturated carbocycles. The van der Waals surface area contributed by atoms with Crippen LogP contribution in [0.2, 0.25) is 0 Å². The molecular formula is C70H47N5. The van der Waals surface area contributed by atoms with Crippen molar-refractivity contribution in [2.75, 3.05) is 0 Å². The minimum atomic E-state index is 0.0645. The molecule has 0 atom stereocenters. The fraction of sp³-hybridized carbons (Fsp3) is 0. The van der Waals surface area contributed by atoms with Gasteiger partial charge in [-0.3, -0.25) is 5.41 Å². The van der Waals surface area contributed by atoms with Gasteiger partial charge in [0.2, 0.25) is 0 Å². The maximum Gasteiger partial charge on any atom is 0.188 e. The summed E-state index contributed by atoms with van der Waals surface area (Å²) in [4.78, 5) is 14.2. The summed E-state index contributed by atoms with van der Waals surface area (Å²) in [6, 6.07) is 93.9. The number of benzene rings is 11. The fourth-order valence-corrected chi connectivity index (χ4v) is 10.1. The summed E-state index contributed by atoms with van der Waals surface area (Å²) in [7, 11) is 0. The standard InChI is InChI=1S/C70H47N5/c1-72-61-37-39-67-65(46-61)64-43-57(50-22-10-3-11-23-50)36-38-66(64)75(67)68-62(54-28-16-6-17-29-54)44-60(45-63(68)55-30-18-7-19-31-55)69(71)74-70(56-34-32-53(33-35-56)49-20-8-2-9-21-49)73-47-48-40-58(51-24-12-4-13-25-51)42-59(41-48)52-26-14-5-15-27-52/h2-47,71H. The monoisotopic (exact) mass is 957 g/mol. The Bertz CT molecular complexity index is 4020. The first kappa shape index (κ1) is 45.8. The van der Waals surface area contributed by atoms with E-state index in [9.17, 15) is 5.41 Å². The Labute approximate surface area is 436 Å². The maximum absolute atomic E-state index is 10.0. The second kappa shape index (κ2) is 20.4. The van der Waals surface area contributed by atoms with Crippen LogP contribution in [0, 0.1) is 12.0 Å². The molecule has 12 aromatic rings. The number of hydrogen-bond donors (Lipinski definition) is 1. The Morgan fingerprint density at radius 2 is 0.800 bits per heavy atom. The van der Waals surface area contributed by atoms with Gasteiger partial charge in [-0.1, -0.05) is 218 Å². The zero-order valence-electron chi connectivity index (χ0n) is 40.8. The molecule has 0 radical (unpaired) electrons. The van der Waals surface area contributed by atoms with Crippen LogP contribution in [0.3, 0.4) is 0 Å². The van der Waals surface area contributed by atoms with E-state index in [1.54, 1.807) is 0 Å². The number of aromatic nitrogens is 1. The van der Waals surface area contributed by atoms with Gasteiger partial charge in [-0.05, 0) is 121 Å². The quantitative estimate of drug-likeness (QED) is 0.0807. The van der Waals surface area contributed by atoms with E-state index < -0.39 is 0 Å². The Hall–Kier alpha value is -10.3. The highest BCUT2D eigenvalue weighted by molar-refractivity contribution is 6.16. The van der Waals surface area contributed by atoms with Gasteiger partial charge >= 0.3 is 0 Å².